The maximum Gasteiger partial charge on any atom is 0.280 e. The van der Waals surface area contributed by atoms with Crippen LogP contribution in [0.1, 0.15) is 21.6 Å². The number of benzene rings is 3. The van der Waals surface area contributed by atoms with Crippen LogP contribution in [0.4, 0.5) is 14.5 Å². The number of carbonyl (C=O) groups excluding carboxylic acids is 1. The van der Waals surface area contributed by atoms with Gasteiger partial charge in [-0.1, -0.05) is 24.3 Å². The van der Waals surface area contributed by atoms with Crippen LogP contribution in [0, 0.1) is 18.6 Å². The van der Waals surface area contributed by atoms with Gasteiger partial charge in [0.1, 0.15) is 18.2 Å². The number of nitrogens with zero attached hydrogens (tertiary/aromatic N) is 2. The normalized spacial score (nSPS) is 10.7. The lowest BCUT2D eigenvalue weighted by Crippen LogP contribution is -2.14. The summed E-state index contributed by atoms with van der Waals surface area (Å²) >= 11 is 0. The van der Waals surface area contributed by atoms with E-state index in [9.17, 15) is 13.6 Å². The van der Waals surface area contributed by atoms with Crippen LogP contribution in [0.2, 0.25) is 0 Å². The minimum Gasteiger partial charge on any atom is -0.485 e. The molecule has 1 N–H and O–H groups in total. The van der Waals surface area contributed by atoms with Gasteiger partial charge in [-0.25, -0.2) is 13.5 Å². The molecule has 0 spiro atoms. The van der Waals surface area contributed by atoms with Gasteiger partial charge < -0.3 is 10.1 Å². The van der Waals surface area contributed by atoms with Crippen LogP contribution in [0.5, 0.6) is 5.75 Å². The summed E-state index contributed by atoms with van der Waals surface area (Å²) in [6, 6.07) is 19.0. The van der Waals surface area contributed by atoms with Gasteiger partial charge in [0.05, 0.1) is 11.9 Å². The first-order chi connectivity index (χ1) is 15.0. The third-order valence-corrected chi connectivity index (χ3v) is 4.57. The van der Waals surface area contributed by atoms with Crippen molar-refractivity contribution in [1.29, 1.82) is 0 Å². The molecule has 0 aliphatic rings. The number of amides is 1. The Morgan fingerprint density at radius 3 is 2.35 bits per heavy atom. The summed E-state index contributed by atoms with van der Waals surface area (Å²) in [5.41, 5.74) is 3.02. The van der Waals surface area contributed by atoms with E-state index in [4.69, 9.17) is 4.74 Å². The summed E-state index contributed by atoms with van der Waals surface area (Å²) in [4.78, 5) is 12.9. The van der Waals surface area contributed by atoms with Gasteiger partial charge in [-0.05, 0) is 66.6 Å². The van der Waals surface area contributed by atoms with Crippen molar-refractivity contribution < 1.29 is 18.3 Å². The topological polar surface area (TPSA) is 56.2 Å². The molecule has 0 unspecified atom stereocenters. The molecule has 31 heavy (non-hydrogen) atoms. The SMILES string of the molecule is Cc1cccc(NC(=O)c2nn(-c3ccc(F)cc3)cc2OCc2ccc(F)cc2)c1. The molecule has 0 saturated heterocycles. The third kappa shape index (κ3) is 4.95. The lowest BCUT2D eigenvalue weighted by Gasteiger charge is -2.07. The zero-order valence-electron chi connectivity index (χ0n) is 16.7. The van der Waals surface area contributed by atoms with Crippen molar-refractivity contribution in [3.8, 4) is 11.4 Å². The van der Waals surface area contributed by atoms with Gasteiger partial charge in [-0.2, -0.15) is 5.10 Å². The van der Waals surface area contributed by atoms with Gasteiger partial charge in [0.2, 0.25) is 0 Å². The minimum atomic E-state index is -0.444. The van der Waals surface area contributed by atoms with Gasteiger partial charge in [-0.3, -0.25) is 4.79 Å². The quantitative estimate of drug-likeness (QED) is 0.462. The number of nitrogens with one attached hydrogen (secondary N) is 1. The van der Waals surface area contributed by atoms with Crippen molar-refractivity contribution in [2.75, 3.05) is 5.32 Å². The Hall–Kier alpha value is -4.00. The Labute approximate surface area is 177 Å². The predicted octanol–water partition coefficient (Wildman–Crippen LogP) is 5.29. The first kappa shape index (κ1) is 20.3. The Balaban J connectivity index is 1.62. The van der Waals surface area contributed by atoms with Crippen LogP contribution >= 0.6 is 0 Å². The Morgan fingerprint density at radius 2 is 1.68 bits per heavy atom. The fraction of sp³-hybridized carbons (Fsp3) is 0.0833. The summed E-state index contributed by atoms with van der Waals surface area (Å²) in [6.07, 6.45) is 1.56. The molecule has 7 heteroatoms. The van der Waals surface area contributed by atoms with Crippen molar-refractivity contribution in [2.24, 2.45) is 0 Å². The van der Waals surface area contributed by atoms with Crippen LogP contribution in [-0.2, 0) is 6.61 Å². The summed E-state index contributed by atoms with van der Waals surface area (Å²) in [5, 5.41) is 7.17. The summed E-state index contributed by atoms with van der Waals surface area (Å²) in [6.45, 7) is 2.05. The number of hydrogen-bond donors (Lipinski definition) is 1. The molecular weight excluding hydrogens is 400 g/mol. The molecule has 5 nitrogen and oxygen atoms in total. The van der Waals surface area contributed by atoms with E-state index in [-0.39, 0.29) is 29.7 Å². The van der Waals surface area contributed by atoms with E-state index in [0.717, 1.165) is 11.1 Å². The first-order valence-electron chi connectivity index (χ1n) is 9.59. The standard InChI is InChI=1S/C24H19F2N3O2/c1-16-3-2-4-20(13-16)27-24(30)23-22(31-15-17-5-7-18(25)8-6-17)14-29(28-23)21-11-9-19(26)10-12-21/h2-14H,15H2,1H3,(H,27,30). The highest BCUT2D eigenvalue weighted by molar-refractivity contribution is 6.04. The largest absolute Gasteiger partial charge is 0.485 e. The fourth-order valence-electron chi connectivity index (χ4n) is 3.00. The monoisotopic (exact) mass is 419 g/mol. The minimum absolute atomic E-state index is 0.0768. The van der Waals surface area contributed by atoms with Gasteiger partial charge in [0, 0.05) is 5.69 Å². The second-order valence-corrected chi connectivity index (χ2v) is 7.00. The number of ether oxygens (including phenoxy) is 1. The lowest BCUT2D eigenvalue weighted by atomic mass is 10.2. The number of rotatable bonds is 6. The predicted molar refractivity (Wildman–Crippen MR) is 113 cm³/mol. The molecule has 1 heterocycles. The second-order valence-electron chi connectivity index (χ2n) is 7.00. The number of anilines is 1. The van der Waals surface area contributed by atoms with E-state index < -0.39 is 5.91 Å². The molecule has 0 bridgehead atoms. The molecule has 0 aliphatic heterocycles. The number of carbonyl (C=O) groups is 1. The van der Waals surface area contributed by atoms with Crippen LogP contribution in [0.25, 0.3) is 5.69 Å². The van der Waals surface area contributed by atoms with Crippen LogP contribution < -0.4 is 10.1 Å². The van der Waals surface area contributed by atoms with Crippen LogP contribution in [0.3, 0.4) is 0 Å². The molecule has 1 aromatic heterocycles. The maximum absolute atomic E-state index is 13.3. The molecule has 4 rings (SSSR count). The van der Waals surface area contributed by atoms with Crippen molar-refractivity contribution in [3.63, 3.8) is 0 Å². The molecule has 1 amide bonds. The van der Waals surface area contributed by atoms with Crippen molar-refractivity contribution in [2.45, 2.75) is 13.5 Å². The van der Waals surface area contributed by atoms with E-state index in [1.165, 1.54) is 28.9 Å². The summed E-state index contributed by atoms with van der Waals surface area (Å²) < 4.78 is 33.7. The van der Waals surface area contributed by atoms with Crippen molar-refractivity contribution in [1.82, 2.24) is 9.78 Å². The number of halogens is 2. The Kier molecular flexibility index (Phi) is 5.75. The van der Waals surface area contributed by atoms with Crippen molar-refractivity contribution >= 4 is 11.6 Å². The Morgan fingerprint density at radius 1 is 1.00 bits per heavy atom. The van der Waals surface area contributed by atoms with E-state index in [1.807, 2.05) is 25.1 Å². The first-order valence-corrected chi connectivity index (χ1v) is 9.59. The molecule has 3 aromatic carbocycles. The lowest BCUT2D eigenvalue weighted by molar-refractivity contribution is 0.101. The van der Waals surface area contributed by atoms with Gasteiger partial charge in [0.15, 0.2) is 11.4 Å². The van der Waals surface area contributed by atoms with Gasteiger partial charge in [0.25, 0.3) is 5.91 Å². The van der Waals surface area contributed by atoms with Crippen molar-refractivity contribution in [3.05, 3.63) is 107 Å². The molecule has 4 aromatic rings. The molecule has 156 valence electrons. The number of aryl methyl sites for hydroxylation is 1. The molecule has 0 radical (unpaired) electrons. The zero-order valence-corrected chi connectivity index (χ0v) is 16.7. The van der Waals surface area contributed by atoms with E-state index in [1.54, 1.807) is 36.5 Å². The number of aromatic nitrogens is 2. The van der Waals surface area contributed by atoms with Crippen LogP contribution in [-0.4, -0.2) is 15.7 Å². The second kappa shape index (κ2) is 8.79. The van der Waals surface area contributed by atoms with E-state index >= 15 is 0 Å². The molecule has 0 aliphatic carbocycles. The average Bonchev–Trinajstić information content (AvgIpc) is 3.18. The molecule has 0 saturated carbocycles. The van der Waals surface area contributed by atoms with Crippen LogP contribution in [0.15, 0.2) is 79.0 Å². The summed E-state index contributed by atoms with van der Waals surface area (Å²) in [7, 11) is 0. The van der Waals surface area contributed by atoms with E-state index in [0.29, 0.717) is 11.4 Å². The van der Waals surface area contributed by atoms with Gasteiger partial charge in [-0.15, -0.1) is 0 Å². The Bertz CT molecular complexity index is 1200. The summed E-state index contributed by atoms with van der Waals surface area (Å²) in [5.74, 6) is -0.911. The smallest absolute Gasteiger partial charge is 0.280 e. The molecule has 0 fully saturated rings. The maximum atomic E-state index is 13.3. The number of hydrogen-bond acceptors (Lipinski definition) is 3. The molecular formula is C24H19F2N3O2. The van der Waals surface area contributed by atoms with Gasteiger partial charge >= 0.3 is 0 Å². The third-order valence-electron chi connectivity index (χ3n) is 4.57. The average molecular weight is 419 g/mol. The highest BCUT2D eigenvalue weighted by atomic mass is 19.1. The molecule has 0 atom stereocenters. The van der Waals surface area contributed by atoms with E-state index in [2.05, 4.69) is 10.4 Å². The highest BCUT2D eigenvalue weighted by Gasteiger charge is 2.20. The fourth-order valence-corrected chi connectivity index (χ4v) is 3.00. The highest BCUT2D eigenvalue weighted by Crippen LogP contribution is 2.23. The zero-order chi connectivity index (χ0) is 21.8.